The van der Waals surface area contributed by atoms with Crippen LogP contribution in [0.1, 0.15) is 44.7 Å². The number of aromatic nitrogens is 3. The minimum atomic E-state index is -0.713. The van der Waals surface area contributed by atoms with Crippen LogP contribution in [0.25, 0.3) is 11.0 Å². The van der Waals surface area contributed by atoms with Crippen molar-refractivity contribution >= 4 is 22.8 Å². The zero-order valence-electron chi connectivity index (χ0n) is 14.0. The maximum absolute atomic E-state index is 9.81. The number of anilines is 1. The molecule has 1 aliphatic heterocycles. The van der Waals surface area contributed by atoms with E-state index < -0.39 is 5.97 Å². The molecule has 0 aliphatic carbocycles. The average Bonchev–Trinajstić information content (AvgIpc) is 3.13. The average molecular weight is 335 g/mol. The lowest BCUT2D eigenvalue weighted by molar-refractivity contribution is -0.137. The molecule has 1 saturated heterocycles. The van der Waals surface area contributed by atoms with E-state index in [1.165, 1.54) is 6.33 Å². The molecule has 3 rings (SSSR count). The van der Waals surface area contributed by atoms with Crippen LogP contribution in [0.3, 0.4) is 0 Å². The predicted molar refractivity (Wildman–Crippen MR) is 91.4 cm³/mol. The number of nitrogens with zero attached hydrogens (tertiary/aromatic N) is 2. The van der Waals surface area contributed by atoms with Crippen molar-refractivity contribution in [1.29, 1.82) is 0 Å². The number of aliphatic hydroxyl groups is 1. The van der Waals surface area contributed by atoms with Gasteiger partial charge in [0, 0.05) is 30.3 Å². The molecule has 2 unspecified atom stereocenters. The smallest absolute Gasteiger partial charge is 0.303 e. The summed E-state index contributed by atoms with van der Waals surface area (Å²) in [6.45, 7) is 3.94. The van der Waals surface area contributed by atoms with E-state index in [4.69, 9.17) is 15.9 Å². The number of hydrogen-bond acceptors (Lipinski definition) is 6. The number of aromatic amines is 1. The Balaban J connectivity index is 0.000000256. The Hall–Kier alpha value is -2.19. The first-order valence-electron chi connectivity index (χ1n) is 8.08. The van der Waals surface area contributed by atoms with E-state index in [2.05, 4.69) is 20.3 Å². The maximum atomic E-state index is 9.81. The Labute approximate surface area is 140 Å². The molecule has 0 amide bonds. The van der Waals surface area contributed by atoms with E-state index in [1.807, 2.05) is 20.0 Å². The van der Waals surface area contributed by atoms with Gasteiger partial charge in [-0.25, -0.2) is 9.97 Å². The fraction of sp³-hybridized carbons (Fsp3) is 0.562. The number of H-pyrrole nitrogens is 1. The Morgan fingerprint density at radius 1 is 1.42 bits per heavy atom. The maximum Gasteiger partial charge on any atom is 0.303 e. The van der Waals surface area contributed by atoms with Crippen molar-refractivity contribution in [3.63, 3.8) is 0 Å². The van der Waals surface area contributed by atoms with Gasteiger partial charge in [-0.3, -0.25) is 4.79 Å². The molecule has 8 heteroatoms. The molecule has 0 bridgehead atoms. The highest BCUT2D eigenvalue weighted by atomic mass is 16.4. The van der Waals surface area contributed by atoms with Crippen molar-refractivity contribution in [3.05, 3.63) is 18.1 Å². The summed E-state index contributed by atoms with van der Waals surface area (Å²) in [5, 5.41) is 20.6. The van der Waals surface area contributed by atoms with Crippen LogP contribution in [-0.4, -0.2) is 43.8 Å². The Morgan fingerprint density at radius 2 is 2.17 bits per heavy atom. The van der Waals surface area contributed by atoms with Crippen LogP contribution in [0.15, 0.2) is 12.5 Å². The number of fused-ring (bicyclic) bond motifs is 1. The molecule has 2 aromatic rings. The van der Waals surface area contributed by atoms with Crippen molar-refractivity contribution in [2.45, 2.75) is 45.2 Å². The molecule has 8 nitrogen and oxygen atoms in total. The SMILES string of the molecule is CC(C)CC(=O)O.Nc1ncnc2c(C3CCC(CO)N3)c[nH]c12. The molecule has 2 aromatic heterocycles. The molecule has 6 N–H and O–H groups in total. The molecular formula is C16H25N5O3. The predicted octanol–water partition coefficient (Wildman–Crippen LogP) is 1.44. The van der Waals surface area contributed by atoms with Crippen LogP contribution in [0.4, 0.5) is 5.82 Å². The summed E-state index contributed by atoms with van der Waals surface area (Å²) < 4.78 is 0. The number of hydrogen-bond donors (Lipinski definition) is 5. The number of nitrogens with two attached hydrogens (primary N) is 1. The van der Waals surface area contributed by atoms with E-state index in [1.54, 1.807) is 0 Å². The van der Waals surface area contributed by atoms with E-state index >= 15 is 0 Å². The molecule has 132 valence electrons. The fourth-order valence-corrected chi connectivity index (χ4v) is 2.80. The number of aliphatic hydroxyl groups excluding tert-OH is 1. The number of aliphatic carboxylic acids is 1. The number of carboxylic acid groups (broad SMARTS) is 1. The van der Waals surface area contributed by atoms with Gasteiger partial charge < -0.3 is 26.2 Å². The molecule has 3 heterocycles. The topological polar surface area (TPSA) is 137 Å². The van der Waals surface area contributed by atoms with Gasteiger partial charge in [0.2, 0.25) is 0 Å². The van der Waals surface area contributed by atoms with Crippen LogP contribution < -0.4 is 11.1 Å². The third-order valence-electron chi connectivity index (χ3n) is 3.94. The molecule has 0 saturated carbocycles. The summed E-state index contributed by atoms with van der Waals surface area (Å²) >= 11 is 0. The highest BCUT2D eigenvalue weighted by molar-refractivity contribution is 5.87. The molecule has 2 atom stereocenters. The van der Waals surface area contributed by atoms with Crippen molar-refractivity contribution in [2.75, 3.05) is 12.3 Å². The van der Waals surface area contributed by atoms with Crippen LogP contribution >= 0.6 is 0 Å². The van der Waals surface area contributed by atoms with Crippen LogP contribution in [0.5, 0.6) is 0 Å². The zero-order valence-corrected chi connectivity index (χ0v) is 14.0. The Kier molecular flexibility index (Phi) is 6.10. The van der Waals surface area contributed by atoms with Gasteiger partial charge in [0.05, 0.1) is 12.1 Å². The number of rotatable bonds is 4. The van der Waals surface area contributed by atoms with Gasteiger partial charge in [0.25, 0.3) is 0 Å². The van der Waals surface area contributed by atoms with Gasteiger partial charge in [-0.05, 0) is 18.8 Å². The minimum Gasteiger partial charge on any atom is -0.481 e. The quantitative estimate of drug-likeness (QED) is 0.570. The van der Waals surface area contributed by atoms with Gasteiger partial charge in [-0.15, -0.1) is 0 Å². The normalized spacial score (nSPS) is 20.2. The molecule has 0 spiro atoms. The standard InChI is InChI=1S/C11H15N5O.C5H10O2/c12-11-10-9(14-5-15-11)7(3-13-10)8-2-1-6(4-17)16-8;1-4(2)3-5(6)7/h3,5-6,8,13,16-17H,1-2,4H2,(H2,12,14,15);4H,3H2,1-2H3,(H,6,7). The Morgan fingerprint density at radius 3 is 2.71 bits per heavy atom. The lowest BCUT2D eigenvalue weighted by atomic mass is 10.1. The summed E-state index contributed by atoms with van der Waals surface area (Å²) in [7, 11) is 0. The molecule has 0 aromatic carbocycles. The molecule has 1 fully saturated rings. The third kappa shape index (κ3) is 4.42. The summed E-state index contributed by atoms with van der Waals surface area (Å²) in [4.78, 5) is 21.1. The summed E-state index contributed by atoms with van der Waals surface area (Å²) in [5.74, 6) is 0.0328. The first-order valence-corrected chi connectivity index (χ1v) is 8.08. The molecule has 0 radical (unpaired) electrons. The van der Waals surface area contributed by atoms with Crippen molar-refractivity contribution in [1.82, 2.24) is 20.3 Å². The van der Waals surface area contributed by atoms with Crippen molar-refractivity contribution < 1.29 is 15.0 Å². The second kappa shape index (κ2) is 8.07. The largest absolute Gasteiger partial charge is 0.481 e. The van der Waals surface area contributed by atoms with Gasteiger partial charge in [-0.2, -0.15) is 0 Å². The highest BCUT2D eigenvalue weighted by Gasteiger charge is 2.26. The van der Waals surface area contributed by atoms with E-state index in [0.717, 1.165) is 29.4 Å². The van der Waals surface area contributed by atoms with Gasteiger partial charge >= 0.3 is 5.97 Å². The van der Waals surface area contributed by atoms with Gasteiger partial charge in [0.1, 0.15) is 11.8 Å². The van der Waals surface area contributed by atoms with Crippen molar-refractivity contribution in [2.24, 2.45) is 5.92 Å². The minimum absolute atomic E-state index is 0.177. The van der Waals surface area contributed by atoms with Crippen molar-refractivity contribution in [3.8, 4) is 0 Å². The van der Waals surface area contributed by atoms with Crippen LogP contribution in [0, 0.1) is 5.92 Å². The number of nitrogens with one attached hydrogen (secondary N) is 2. The van der Waals surface area contributed by atoms with E-state index in [9.17, 15) is 4.79 Å². The molecule has 1 aliphatic rings. The zero-order chi connectivity index (χ0) is 17.7. The molecule has 24 heavy (non-hydrogen) atoms. The van der Waals surface area contributed by atoms with Gasteiger partial charge in [0.15, 0.2) is 5.82 Å². The molecular weight excluding hydrogens is 310 g/mol. The lowest BCUT2D eigenvalue weighted by Gasteiger charge is -2.11. The first kappa shape index (κ1) is 18.2. The summed E-state index contributed by atoms with van der Waals surface area (Å²) in [6.07, 6.45) is 5.66. The van der Waals surface area contributed by atoms with E-state index in [-0.39, 0.29) is 31.0 Å². The number of nitrogen functional groups attached to an aromatic ring is 1. The van der Waals surface area contributed by atoms with Gasteiger partial charge in [-0.1, -0.05) is 13.8 Å². The fourth-order valence-electron chi connectivity index (χ4n) is 2.80. The third-order valence-corrected chi connectivity index (χ3v) is 3.94. The highest BCUT2D eigenvalue weighted by Crippen LogP contribution is 2.31. The van der Waals surface area contributed by atoms with E-state index in [0.29, 0.717) is 5.82 Å². The summed E-state index contributed by atoms with van der Waals surface area (Å²) in [6, 6.07) is 0.416. The number of carboxylic acids is 1. The van der Waals surface area contributed by atoms with Crippen LogP contribution in [0.2, 0.25) is 0 Å². The lowest BCUT2D eigenvalue weighted by Crippen LogP contribution is -2.27. The second-order valence-corrected chi connectivity index (χ2v) is 6.39. The number of carbonyl (C=O) groups is 1. The Bertz CT molecular complexity index is 685. The van der Waals surface area contributed by atoms with Crippen LogP contribution in [-0.2, 0) is 4.79 Å². The monoisotopic (exact) mass is 335 g/mol. The summed E-state index contributed by atoms with van der Waals surface area (Å²) in [5.41, 5.74) is 8.54. The first-order chi connectivity index (χ1) is 11.4. The second-order valence-electron chi connectivity index (χ2n) is 6.39.